The third-order valence-corrected chi connectivity index (χ3v) is 3.72. The molecule has 3 rings (SSSR count). The summed E-state index contributed by atoms with van der Waals surface area (Å²) in [5.74, 6) is 0.265. The Morgan fingerprint density at radius 3 is 2.58 bits per heavy atom. The van der Waals surface area contributed by atoms with Crippen molar-refractivity contribution in [3.63, 3.8) is 0 Å². The van der Waals surface area contributed by atoms with Gasteiger partial charge in [0.2, 0.25) is 6.79 Å². The number of nitro benzene ring substituents is 1. The van der Waals surface area contributed by atoms with Crippen LogP contribution in [-0.2, 0) is 0 Å². The lowest BCUT2D eigenvalue weighted by atomic mass is 10.1. The van der Waals surface area contributed by atoms with Crippen LogP contribution in [0.25, 0.3) is 0 Å². The number of hydrazone groups is 1. The van der Waals surface area contributed by atoms with E-state index in [9.17, 15) is 14.9 Å². The number of ether oxygens (including phenoxy) is 2. The summed E-state index contributed by atoms with van der Waals surface area (Å²) in [4.78, 5) is 22.5. The van der Waals surface area contributed by atoms with Gasteiger partial charge in [-0.15, -0.1) is 0 Å². The number of carbonyl (C=O) groups excluding carboxylic acids is 1. The first-order valence-electron chi connectivity index (χ1n) is 6.71. The van der Waals surface area contributed by atoms with Crippen LogP contribution in [0.4, 0.5) is 5.69 Å². The number of fused-ring (bicyclic) bond motifs is 1. The molecule has 0 unspecified atom stereocenters. The van der Waals surface area contributed by atoms with Gasteiger partial charge in [-0.25, -0.2) is 5.43 Å². The zero-order valence-electron chi connectivity index (χ0n) is 12.1. The van der Waals surface area contributed by atoms with E-state index in [1.54, 1.807) is 24.3 Å². The lowest BCUT2D eigenvalue weighted by molar-refractivity contribution is -0.385. The standard InChI is InChI=1S/C15H10BrN3O5/c16-11-3-1-9(2-4-11)15(20)18-17-7-10-5-13-14(24-8-23-13)6-12(10)19(21)22/h1-7H,8H2,(H,18,20). The molecule has 0 saturated carbocycles. The van der Waals surface area contributed by atoms with Crippen molar-refractivity contribution in [3.8, 4) is 11.5 Å². The molecule has 0 spiro atoms. The fourth-order valence-electron chi connectivity index (χ4n) is 2.03. The van der Waals surface area contributed by atoms with Crippen molar-refractivity contribution < 1.29 is 19.2 Å². The first-order valence-corrected chi connectivity index (χ1v) is 7.51. The second-order valence-corrected chi connectivity index (χ2v) is 5.64. The molecular weight excluding hydrogens is 382 g/mol. The maximum atomic E-state index is 11.9. The number of hydrogen-bond acceptors (Lipinski definition) is 6. The number of hydrogen-bond donors (Lipinski definition) is 1. The van der Waals surface area contributed by atoms with E-state index in [-0.39, 0.29) is 18.0 Å². The summed E-state index contributed by atoms with van der Waals surface area (Å²) >= 11 is 3.28. The SMILES string of the molecule is O=C(NN=Cc1cc2c(cc1[N+](=O)[O-])OCO2)c1ccc(Br)cc1. The molecule has 8 nitrogen and oxygen atoms in total. The Morgan fingerprint density at radius 1 is 1.25 bits per heavy atom. The molecule has 0 radical (unpaired) electrons. The second kappa shape index (κ2) is 6.67. The number of benzene rings is 2. The summed E-state index contributed by atoms with van der Waals surface area (Å²) in [5.41, 5.74) is 2.73. The van der Waals surface area contributed by atoms with Crippen molar-refractivity contribution in [2.45, 2.75) is 0 Å². The number of nitro groups is 1. The van der Waals surface area contributed by atoms with Crippen molar-refractivity contribution >= 4 is 33.7 Å². The molecule has 0 aromatic heterocycles. The van der Waals surface area contributed by atoms with Crippen LogP contribution in [0.3, 0.4) is 0 Å². The van der Waals surface area contributed by atoms with Gasteiger partial charge in [0.1, 0.15) is 0 Å². The molecule has 122 valence electrons. The van der Waals surface area contributed by atoms with Gasteiger partial charge in [0.15, 0.2) is 11.5 Å². The zero-order chi connectivity index (χ0) is 17.1. The number of rotatable bonds is 4. The molecule has 1 aliphatic heterocycles. The van der Waals surface area contributed by atoms with E-state index in [4.69, 9.17) is 9.47 Å². The summed E-state index contributed by atoms with van der Waals surface area (Å²) in [6.45, 7) is 0.00733. The highest BCUT2D eigenvalue weighted by molar-refractivity contribution is 9.10. The van der Waals surface area contributed by atoms with E-state index in [1.807, 2.05) is 0 Å². The summed E-state index contributed by atoms with van der Waals surface area (Å²) in [6, 6.07) is 9.40. The summed E-state index contributed by atoms with van der Waals surface area (Å²) in [5, 5.41) is 14.9. The van der Waals surface area contributed by atoms with E-state index >= 15 is 0 Å². The molecule has 2 aromatic rings. The van der Waals surface area contributed by atoms with Crippen LogP contribution in [0.2, 0.25) is 0 Å². The van der Waals surface area contributed by atoms with Crippen molar-refractivity contribution in [1.82, 2.24) is 5.43 Å². The normalized spacial score (nSPS) is 12.4. The Hall–Kier alpha value is -2.94. The Kier molecular flexibility index (Phi) is 4.43. The van der Waals surface area contributed by atoms with Crippen molar-refractivity contribution in [2.75, 3.05) is 6.79 Å². The number of carbonyl (C=O) groups is 1. The first kappa shape index (κ1) is 15.9. The Labute approximate surface area is 144 Å². The Bertz CT molecular complexity index is 836. The van der Waals surface area contributed by atoms with E-state index in [1.165, 1.54) is 18.3 Å². The summed E-state index contributed by atoms with van der Waals surface area (Å²) < 4.78 is 11.1. The van der Waals surface area contributed by atoms with Gasteiger partial charge in [0, 0.05) is 10.0 Å². The van der Waals surface area contributed by atoms with Gasteiger partial charge in [-0.05, 0) is 30.3 Å². The fraction of sp³-hybridized carbons (Fsp3) is 0.0667. The Morgan fingerprint density at radius 2 is 1.92 bits per heavy atom. The third-order valence-electron chi connectivity index (χ3n) is 3.19. The van der Waals surface area contributed by atoms with Gasteiger partial charge in [-0.1, -0.05) is 15.9 Å². The van der Waals surface area contributed by atoms with Gasteiger partial charge >= 0.3 is 0 Å². The molecule has 1 heterocycles. The highest BCUT2D eigenvalue weighted by atomic mass is 79.9. The number of nitrogens with one attached hydrogen (secondary N) is 1. The predicted molar refractivity (Wildman–Crippen MR) is 88.4 cm³/mol. The van der Waals surface area contributed by atoms with Crippen molar-refractivity contribution in [3.05, 3.63) is 62.1 Å². The molecule has 0 fully saturated rings. The summed E-state index contributed by atoms with van der Waals surface area (Å²) in [7, 11) is 0. The van der Waals surface area contributed by atoms with Crippen LogP contribution in [0.15, 0.2) is 46.0 Å². The van der Waals surface area contributed by atoms with Gasteiger partial charge in [-0.3, -0.25) is 14.9 Å². The van der Waals surface area contributed by atoms with Crippen LogP contribution in [0.1, 0.15) is 15.9 Å². The van der Waals surface area contributed by atoms with Crippen molar-refractivity contribution in [1.29, 1.82) is 0 Å². The average molecular weight is 392 g/mol. The molecule has 2 aromatic carbocycles. The molecule has 24 heavy (non-hydrogen) atoms. The number of nitrogens with zero attached hydrogens (tertiary/aromatic N) is 2. The van der Waals surface area contributed by atoms with Crippen LogP contribution in [0.5, 0.6) is 11.5 Å². The van der Waals surface area contributed by atoms with Crippen molar-refractivity contribution in [2.24, 2.45) is 5.10 Å². The average Bonchev–Trinajstić information content (AvgIpc) is 3.01. The topological polar surface area (TPSA) is 103 Å². The van der Waals surface area contributed by atoms with E-state index in [0.717, 1.165) is 4.47 Å². The molecule has 9 heteroatoms. The maximum absolute atomic E-state index is 11.9. The smallest absolute Gasteiger partial charge is 0.282 e. The molecule has 1 aliphatic rings. The predicted octanol–water partition coefficient (Wildman–Crippen LogP) is 2.85. The van der Waals surface area contributed by atoms with Crippen LogP contribution < -0.4 is 14.9 Å². The van der Waals surface area contributed by atoms with E-state index in [0.29, 0.717) is 17.1 Å². The monoisotopic (exact) mass is 391 g/mol. The van der Waals surface area contributed by atoms with E-state index in [2.05, 4.69) is 26.5 Å². The highest BCUT2D eigenvalue weighted by Crippen LogP contribution is 2.37. The Balaban J connectivity index is 1.78. The lowest BCUT2D eigenvalue weighted by Crippen LogP contribution is -2.17. The molecule has 0 aliphatic carbocycles. The van der Waals surface area contributed by atoms with Gasteiger partial charge < -0.3 is 9.47 Å². The minimum atomic E-state index is -0.556. The number of halogens is 1. The van der Waals surface area contributed by atoms with Crippen LogP contribution >= 0.6 is 15.9 Å². The largest absolute Gasteiger partial charge is 0.454 e. The quantitative estimate of drug-likeness (QED) is 0.490. The lowest BCUT2D eigenvalue weighted by Gasteiger charge is -2.02. The second-order valence-electron chi connectivity index (χ2n) is 4.73. The zero-order valence-corrected chi connectivity index (χ0v) is 13.6. The molecule has 1 amide bonds. The third kappa shape index (κ3) is 3.35. The van der Waals surface area contributed by atoms with Crippen LogP contribution in [0, 0.1) is 10.1 Å². The maximum Gasteiger partial charge on any atom is 0.282 e. The minimum Gasteiger partial charge on any atom is -0.454 e. The highest BCUT2D eigenvalue weighted by Gasteiger charge is 2.22. The van der Waals surface area contributed by atoms with Crippen LogP contribution in [-0.4, -0.2) is 23.8 Å². The molecule has 0 bridgehead atoms. The first-order chi connectivity index (χ1) is 11.5. The van der Waals surface area contributed by atoms with Gasteiger partial charge in [-0.2, -0.15) is 5.10 Å². The van der Waals surface area contributed by atoms with E-state index < -0.39 is 10.8 Å². The molecular formula is C15H10BrN3O5. The minimum absolute atomic E-state index is 0.00733. The van der Waals surface area contributed by atoms with Gasteiger partial charge in [0.05, 0.1) is 22.8 Å². The number of amides is 1. The molecule has 0 atom stereocenters. The van der Waals surface area contributed by atoms with Gasteiger partial charge in [0.25, 0.3) is 11.6 Å². The summed E-state index contributed by atoms with van der Waals surface area (Å²) in [6.07, 6.45) is 1.19. The fourth-order valence-corrected chi connectivity index (χ4v) is 2.30. The molecule has 1 N–H and O–H groups in total. The molecule has 0 saturated heterocycles.